The van der Waals surface area contributed by atoms with E-state index in [1.54, 1.807) is 0 Å². The van der Waals surface area contributed by atoms with Gasteiger partial charge >= 0.3 is 5.97 Å². The van der Waals surface area contributed by atoms with Crippen LogP contribution in [0.25, 0.3) is 0 Å². The highest BCUT2D eigenvalue weighted by Gasteiger charge is 2.18. The predicted octanol–water partition coefficient (Wildman–Crippen LogP) is 1.33. The van der Waals surface area contributed by atoms with Crippen LogP contribution in [0.15, 0.2) is 0 Å². The van der Waals surface area contributed by atoms with Crippen LogP contribution in [0.3, 0.4) is 0 Å². The van der Waals surface area contributed by atoms with Crippen molar-refractivity contribution in [1.29, 1.82) is 0 Å². The minimum atomic E-state index is -0.131. The number of methoxy groups -OCH3 is 1. The molecule has 0 aliphatic heterocycles. The molecule has 1 atom stereocenters. The summed E-state index contributed by atoms with van der Waals surface area (Å²) in [6, 6.07) is 0.244. The second kappa shape index (κ2) is 5.22. The van der Waals surface area contributed by atoms with Crippen LogP contribution >= 0.6 is 0 Å². The first-order valence-corrected chi connectivity index (χ1v) is 5.02. The highest BCUT2D eigenvalue weighted by atomic mass is 16.5. The molecule has 0 aromatic carbocycles. The summed E-state index contributed by atoms with van der Waals surface area (Å²) < 4.78 is 4.59. The molecule has 1 N–H and O–H groups in total. The van der Waals surface area contributed by atoms with E-state index in [0.29, 0.717) is 6.42 Å². The van der Waals surface area contributed by atoms with Crippen molar-refractivity contribution in [3.8, 4) is 0 Å². The Morgan fingerprint density at radius 3 is 2.77 bits per heavy atom. The third-order valence-electron chi connectivity index (χ3n) is 2.68. The topological polar surface area (TPSA) is 38.3 Å². The zero-order chi connectivity index (χ0) is 9.68. The highest BCUT2D eigenvalue weighted by Crippen LogP contribution is 2.25. The van der Waals surface area contributed by atoms with E-state index in [4.69, 9.17) is 0 Å². The monoisotopic (exact) mass is 185 g/mol. The van der Waals surface area contributed by atoms with Gasteiger partial charge < -0.3 is 10.1 Å². The minimum Gasteiger partial charge on any atom is -0.469 e. The summed E-state index contributed by atoms with van der Waals surface area (Å²) in [4.78, 5) is 10.9. The molecule has 76 valence electrons. The van der Waals surface area contributed by atoms with Crippen LogP contribution in [-0.4, -0.2) is 25.7 Å². The van der Waals surface area contributed by atoms with Gasteiger partial charge in [0.15, 0.2) is 0 Å². The Bertz CT molecular complexity index is 166. The molecule has 1 unspecified atom stereocenters. The van der Waals surface area contributed by atoms with Crippen molar-refractivity contribution < 1.29 is 9.53 Å². The predicted molar refractivity (Wildman–Crippen MR) is 51.4 cm³/mol. The van der Waals surface area contributed by atoms with Crippen LogP contribution in [0.2, 0.25) is 0 Å². The fraction of sp³-hybridized carbons (Fsp3) is 0.900. The number of rotatable bonds is 5. The van der Waals surface area contributed by atoms with E-state index in [2.05, 4.69) is 10.1 Å². The SMILES string of the molecule is COC(=O)CC(C)NCC1CCC1. The van der Waals surface area contributed by atoms with Gasteiger partial charge in [-0.25, -0.2) is 0 Å². The lowest BCUT2D eigenvalue weighted by atomic mass is 9.85. The third kappa shape index (κ3) is 3.77. The molecule has 0 amide bonds. The molecule has 0 heterocycles. The second-order valence-electron chi connectivity index (χ2n) is 3.89. The maximum atomic E-state index is 10.9. The van der Waals surface area contributed by atoms with Gasteiger partial charge in [-0.15, -0.1) is 0 Å². The normalized spacial score (nSPS) is 19.2. The standard InChI is InChI=1S/C10H19NO2/c1-8(6-10(12)13-2)11-7-9-4-3-5-9/h8-9,11H,3-7H2,1-2H3. The number of esters is 1. The summed E-state index contributed by atoms with van der Waals surface area (Å²) in [6.07, 6.45) is 4.54. The smallest absolute Gasteiger partial charge is 0.307 e. The van der Waals surface area contributed by atoms with Crippen LogP contribution in [0.4, 0.5) is 0 Å². The van der Waals surface area contributed by atoms with Gasteiger partial charge in [-0.1, -0.05) is 6.42 Å². The summed E-state index contributed by atoms with van der Waals surface area (Å²) in [7, 11) is 1.43. The molecule has 13 heavy (non-hydrogen) atoms. The fourth-order valence-electron chi connectivity index (χ4n) is 1.47. The van der Waals surface area contributed by atoms with Gasteiger partial charge in [0.05, 0.1) is 13.5 Å². The van der Waals surface area contributed by atoms with E-state index in [9.17, 15) is 4.79 Å². The van der Waals surface area contributed by atoms with Crippen molar-refractivity contribution >= 4 is 5.97 Å². The lowest BCUT2D eigenvalue weighted by molar-refractivity contribution is -0.141. The summed E-state index contributed by atoms with van der Waals surface area (Å²) in [5.74, 6) is 0.716. The largest absolute Gasteiger partial charge is 0.469 e. The molecule has 3 nitrogen and oxygen atoms in total. The minimum absolute atomic E-state index is 0.131. The first-order chi connectivity index (χ1) is 6.22. The zero-order valence-electron chi connectivity index (χ0n) is 8.51. The maximum absolute atomic E-state index is 10.9. The Morgan fingerprint density at radius 1 is 1.62 bits per heavy atom. The van der Waals surface area contributed by atoms with Crippen molar-refractivity contribution in [2.75, 3.05) is 13.7 Å². The molecular formula is C10H19NO2. The zero-order valence-corrected chi connectivity index (χ0v) is 8.51. The van der Waals surface area contributed by atoms with Crippen LogP contribution in [0, 0.1) is 5.92 Å². The summed E-state index contributed by atoms with van der Waals surface area (Å²) in [5, 5.41) is 3.35. The van der Waals surface area contributed by atoms with E-state index < -0.39 is 0 Å². The molecule has 0 saturated heterocycles. The molecule has 0 radical (unpaired) electrons. The van der Waals surface area contributed by atoms with Crippen molar-refractivity contribution in [3.63, 3.8) is 0 Å². The number of hydrogen-bond acceptors (Lipinski definition) is 3. The molecule has 0 aromatic heterocycles. The Hall–Kier alpha value is -0.570. The van der Waals surface area contributed by atoms with E-state index in [0.717, 1.165) is 12.5 Å². The highest BCUT2D eigenvalue weighted by molar-refractivity contribution is 5.69. The third-order valence-corrected chi connectivity index (χ3v) is 2.68. The number of carbonyl (C=O) groups is 1. The molecule has 1 saturated carbocycles. The molecule has 1 aliphatic carbocycles. The molecule has 0 spiro atoms. The summed E-state index contributed by atoms with van der Waals surface area (Å²) in [6.45, 7) is 3.08. The summed E-state index contributed by atoms with van der Waals surface area (Å²) >= 11 is 0. The molecule has 0 aromatic rings. The van der Waals surface area contributed by atoms with E-state index in [1.165, 1.54) is 26.4 Å². The molecular weight excluding hydrogens is 166 g/mol. The number of nitrogens with one attached hydrogen (secondary N) is 1. The van der Waals surface area contributed by atoms with Crippen molar-refractivity contribution in [1.82, 2.24) is 5.32 Å². The Morgan fingerprint density at radius 2 is 2.31 bits per heavy atom. The Kier molecular flexibility index (Phi) is 4.22. The molecule has 1 fully saturated rings. The molecule has 1 rings (SSSR count). The van der Waals surface area contributed by atoms with Gasteiger partial charge in [0.2, 0.25) is 0 Å². The molecule has 1 aliphatic rings. The summed E-state index contributed by atoms with van der Waals surface area (Å²) in [5.41, 5.74) is 0. The van der Waals surface area contributed by atoms with E-state index in [-0.39, 0.29) is 12.0 Å². The fourth-order valence-corrected chi connectivity index (χ4v) is 1.47. The van der Waals surface area contributed by atoms with Crippen LogP contribution in [0.1, 0.15) is 32.6 Å². The van der Waals surface area contributed by atoms with Crippen molar-refractivity contribution in [2.24, 2.45) is 5.92 Å². The van der Waals surface area contributed by atoms with E-state index >= 15 is 0 Å². The van der Waals surface area contributed by atoms with Gasteiger partial charge in [-0.2, -0.15) is 0 Å². The second-order valence-corrected chi connectivity index (χ2v) is 3.89. The van der Waals surface area contributed by atoms with Crippen molar-refractivity contribution in [3.05, 3.63) is 0 Å². The van der Waals surface area contributed by atoms with Gasteiger partial charge in [-0.3, -0.25) is 4.79 Å². The number of ether oxygens (including phenoxy) is 1. The first kappa shape index (κ1) is 10.5. The average molecular weight is 185 g/mol. The first-order valence-electron chi connectivity index (χ1n) is 5.02. The van der Waals surface area contributed by atoms with Gasteiger partial charge in [0.25, 0.3) is 0 Å². The number of carbonyl (C=O) groups excluding carboxylic acids is 1. The Labute approximate surface area is 79.8 Å². The van der Waals surface area contributed by atoms with Crippen LogP contribution < -0.4 is 5.32 Å². The lowest BCUT2D eigenvalue weighted by Crippen LogP contribution is -2.35. The lowest BCUT2D eigenvalue weighted by Gasteiger charge is -2.27. The van der Waals surface area contributed by atoms with Crippen molar-refractivity contribution in [2.45, 2.75) is 38.6 Å². The number of hydrogen-bond donors (Lipinski definition) is 1. The molecule has 0 bridgehead atoms. The van der Waals surface area contributed by atoms with Gasteiger partial charge in [0, 0.05) is 6.04 Å². The maximum Gasteiger partial charge on any atom is 0.307 e. The van der Waals surface area contributed by atoms with Gasteiger partial charge in [0.1, 0.15) is 0 Å². The average Bonchev–Trinajstić information content (AvgIpc) is 2.01. The molecule has 3 heteroatoms. The quantitative estimate of drug-likeness (QED) is 0.657. The Balaban J connectivity index is 2.02. The van der Waals surface area contributed by atoms with E-state index in [1.807, 2.05) is 6.92 Å². The van der Waals surface area contributed by atoms with Crippen LogP contribution in [0.5, 0.6) is 0 Å². The van der Waals surface area contributed by atoms with Crippen LogP contribution in [-0.2, 0) is 9.53 Å². The van der Waals surface area contributed by atoms with Gasteiger partial charge in [-0.05, 0) is 32.2 Å².